The average Bonchev–Trinajstić information content (AvgIpc) is 2.55. The van der Waals surface area contributed by atoms with Crippen molar-refractivity contribution in [1.29, 1.82) is 0 Å². The topological polar surface area (TPSA) is 52.6 Å². The lowest BCUT2D eigenvalue weighted by molar-refractivity contribution is -0.117. The highest BCUT2D eigenvalue weighted by Crippen LogP contribution is 2.42. The van der Waals surface area contributed by atoms with Crippen LogP contribution in [0.1, 0.15) is 41.8 Å². The lowest BCUT2D eigenvalue weighted by Gasteiger charge is -2.27. The summed E-state index contributed by atoms with van der Waals surface area (Å²) >= 11 is 9.60. The molecule has 1 atom stereocenters. The van der Waals surface area contributed by atoms with Crippen LogP contribution in [0.2, 0.25) is 5.02 Å². The number of carbonyl (C=O) groups excluding carboxylic acids is 2. The molecule has 0 aliphatic carbocycles. The maximum Gasteiger partial charge on any atom is 0.170 e. The van der Waals surface area contributed by atoms with Gasteiger partial charge >= 0.3 is 0 Å². The Hall–Kier alpha value is -1.85. The van der Waals surface area contributed by atoms with Gasteiger partial charge in [-0.05, 0) is 31.2 Å². The smallest absolute Gasteiger partial charge is 0.170 e. The third-order valence-electron chi connectivity index (χ3n) is 3.93. The normalized spacial score (nSPS) is 16.1. The first-order valence-electron chi connectivity index (χ1n) is 7.85. The van der Waals surface area contributed by atoms with Crippen molar-refractivity contribution in [2.75, 3.05) is 6.61 Å². The van der Waals surface area contributed by atoms with Crippen LogP contribution < -0.4 is 9.47 Å². The summed E-state index contributed by atoms with van der Waals surface area (Å²) in [5, 5.41) is 0.409. The molecule has 4 nitrogen and oxygen atoms in total. The van der Waals surface area contributed by atoms with Crippen LogP contribution in [-0.4, -0.2) is 18.2 Å². The molecule has 0 spiro atoms. The highest BCUT2D eigenvalue weighted by atomic mass is 79.9. The zero-order valence-corrected chi connectivity index (χ0v) is 15.9. The molecule has 6 heteroatoms. The first-order valence-corrected chi connectivity index (χ1v) is 9.03. The first kappa shape index (κ1) is 18.0. The zero-order valence-electron chi connectivity index (χ0n) is 13.6. The summed E-state index contributed by atoms with van der Waals surface area (Å²) in [6.07, 6.45) is 0.0451. The SMILES string of the molecule is CC(=O)CCOc1cc(Br)ccc1[C@@H]1CC(=O)c2cccc(Cl)c2O1. The van der Waals surface area contributed by atoms with E-state index in [2.05, 4.69) is 15.9 Å². The number of hydrogen-bond donors (Lipinski definition) is 0. The van der Waals surface area contributed by atoms with Crippen molar-refractivity contribution < 1.29 is 19.1 Å². The lowest BCUT2D eigenvalue weighted by Crippen LogP contribution is -2.21. The van der Waals surface area contributed by atoms with Gasteiger partial charge in [0, 0.05) is 16.5 Å². The van der Waals surface area contributed by atoms with Crippen LogP contribution in [0.25, 0.3) is 0 Å². The van der Waals surface area contributed by atoms with Gasteiger partial charge in [-0.3, -0.25) is 9.59 Å². The van der Waals surface area contributed by atoms with E-state index in [1.165, 1.54) is 6.92 Å². The predicted octanol–water partition coefficient (Wildman–Crippen LogP) is 5.17. The van der Waals surface area contributed by atoms with Gasteiger partial charge in [0.2, 0.25) is 0 Å². The largest absolute Gasteiger partial charge is 0.493 e. The molecule has 1 aliphatic rings. The van der Waals surface area contributed by atoms with E-state index < -0.39 is 6.10 Å². The molecule has 0 aromatic heterocycles. The number of fused-ring (bicyclic) bond motifs is 1. The number of ether oxygens (including phenoxy) is 2. The number of benzene rings is 2. The van der Waals surface area contributed by atoms with Gasteiger partial charge in [0.1, 0.15) is 23.4 Å². The number of ketones is 2. The Morgan fingerprint density at radius 1 is 1.36 bits per heavy atom. The standard InChI is InChI=1S/C19H16BrClO4/c1-11(22)7-8-24-17-9-12(20)5-6-14(17)18-10-16(23)13-3-2-4-15(21)19(13)25-18/h2-6,9,18H,7-8,10H2,1H3/t18-/m0/s1. The molecule has 0 radical (unpaired) electrons. The molecule has 0 bridgehead atoms. The van der Waals surface area contributed by atoms with Crippen LogP contribution in [-0.2, 0) is 4.79 Å². The van der Waals surface area contributed by atoms with Gasteiger partial charge in [-0.2, -0.15) is 0 Å². The molecular formula is C19H16BrClO4. The third-order valence-corrected chi connectivity index (χ3v) is 4.72. The second-order valence-corrected chi connectivity index (χ2v) is 7.16. The molecule has 0 saturated carbocycles. The summed E-state index contributed by atoms with van der Waals surface area (Å²) in [5.74, 6) is 1.03. The fraction of sp³-hybridized carbons (Fsp3) is 0.263. The van der Waals surface area contributed by atoms with Crippen molar-refractivity contribution in [3.63, 3.8) is 0 Å². The number of para-hydroxylation sites is 1. The molecule has 2 aromatic carbocycles. The van der Waals surface area contributed by atoms with E-state index in [0.29, 0.717) is 28.5 Å². The van der Waals surface area contributed by atoms with Crippen LogP contribution in [0.3, 0.4) is 0 Å². The van der Waals surface area contributed by atoms with E-state index in [4.69, 9.17) is 21.1 Å². The molecule has 130 valence electrons. The lowest BCUT2D eigenvalue weighted by atomic mass is 9.96. The van der Waals surface area contributed by atoms with Crippen LogP contribution >= 0.6 is 27.5 Å². The Morgan fingerprint density at radius 3 is 2.92 bits per heavy atom. The first-order chi connectivity index (χ1) is 12.0. The summed E-state index contributed by atoms with van der Waals surface area (Å²) in [4.78, 5) is 23.6. The van der Waals surface area contributed by atoms with Crippen molar-refractivity contribution in [3.8, 4) is 11.5 Å². The number of carbonyl (C=O) groups is 2. The minimum atomic E-state index is -0.486. The van der Waals surface area contributed by atoms with Gasteiger partial charge in [-0.1, -0.05) is 39.7 Å². The Labute approximate surface area is 159 Å². The van der Waals surface area contributed by atoms with E-state index in [9.17, 15) is 9.59 Å². The van der Waals surface area contributed by atoms with Crippen LogP contribution in [0, 0.1) is 0 Å². The fourth-order valence-electron chi connectivity index (χ4n) is 2.69. The highest BCUT2D eigenvalue weighted by Gasteiger charge is 2.31. The molecule has 0 fully saturated rings. The van der Waals surface area contributed by atoms with E-state index >= 15 is 0 Å². The van der Waals surface area contributed by atoms with Crippen molar-refractivity contribution in [2.45, 2.75) is 25.9 Å². The number of halogens is 2. The van der Waals surface area contributed by atoms with E-state index in [0.717, 1.165) is 10.0 Å². The summed E-state index contributed by atoms with van der Waals surface area (Å²) in [6, 6.07) is 10.7. The molecule has 1 heterocycles. The molecule has 0 N–H and O–H groups in total. The number of hydrogen-bond acceptors (Lipinski definition) is 4. The van der Waals surface area contributed by atoms with Gasteiger partial charge in [0.25, 0.3) is 0 Å². The summed E-state index contributed by atoms with van der Waals surface area (Å²) < 4.78 is 12.6. The third kappa shape index (κ3) is 4.05. The Balaban J connectivity index is 1.90. The second-order valence-electron chi connectivity index (χ2n) is 5.83. The summed E-state index contributed by atoms with van der Waals surface area (Å²) in [7, 11) is 0. The monoisotopic (exact) mass is 422 g/mol. The van der Waals surface area contributed by atoms with E-state index in [-0.39, 0.29) is 24.6 Å². The quantitative estimate of drug-likeness (QED) is 0.666. The minimum absolute atomic E-state index is 0.0219. The predicted molar refractivity (Wildman–Crippen MR) is 98.7 cm³/mol. The maximum atomic E-state index is 12.5. The highest BCUT2D eigenvalue weighted by molar-refractivity contribution is 9.10. The number of Topliss-reactive ketones (excluding diaryl/α,β-unsaturated/α-hetero) is 2. The van der Waals surface area contributed by atoms with Gasteiger partial charge in [-0.25, -0.2) is 0 Å². The minimum Gasteiger partial charge on any atom is -0.493 e. The van der Waals surface area contributed by atoms with Crippen molar-refractivity contribution in [3.05, 3.63) is 57.0 Å². The second kappa shape index (κ2) is 7.58. The molecule has 0 saturated heterocycles. The van der Waals surface area contributed by atoms with Gasteiger partial charge in [0.05, 0.1) is 23.6 Å². The summed E-state index contributed by atoms with van der Waals surface area (Å²) in [5.41, 5.74) is 1.26. The molecule has 1 aliphatic heterocycles. The van der Waals surface area contributed by atoms with Crippen molar-refractivity contribution in [2.24, 2.45) is 0 Å². The van der Waals surface area contributed by atoms with Gasteiger partial charge in [0.15, 0.2) is 5.78 Å². The molecule has 2 aromatic rings. The van der Waals surface area contributed by atoms with Crippen LogP contribution in [0.5, 0.6) is 11.5 Å². The Bertz CT molecular complexity index is 834. The molecule has 3 rings (SSSR count). The van der Waals surface area contributed by atoms with Crippen LogP contribution in [0.4, 0.5) is 0 Å². The summed E-state index contributed by atoms with van der Waals surface area (Å²) in [6.45, 7) is 1.80. The zero-order chi connectivity index (χ0) is 18.0. The van der Waals surface area contributed by atoms with Crippen molar-refractivity contribution >= 4 is 39.1 Å². The van der Waals surface area contributed by atoms with E-state index in [1.54, 1.807) is 18.2 Å². The van der Waals surface area contributed by atoms with Gasteiger partial charge in [-0.15, -0.1) is 0 Å². The molecular weight excluding hydrogens is 408 g/mol. The number of rotatable bonds is 5. The molecule has 25 heavy (non-hydrogen) atoms. The van der Waals surface area contributed by atoms with Crippen molar-refractivity contribution in [1.82, 2.24) is 0 Å². The average molecular weight is 424 g/mol. The van der Waals surface area contributed by atoms with E-state index in [1.807, 2.05) is 18.2 Å². The molecule has 0 unspecified atom stereocenters. The van der Waals surface area contributed by atoms with Crippen LogP contribution in [0.15, 0.2) is 40.9 Å². The van der Waals surface area contributed by atoms with Gasteiger partial charge < -0.3 is 9.47 Å². The Morgan fingerprint density at radius 2 is 2.16 bits per heavy atom. The Kier molecular flexibility index (Phi) is 5.45. The molecule has 0 amide bonds. The maximum absolute atomic E-state index is 12.5. The fourth-order valence-corrected chi connectivity index (χ4v) is 3.25.